The number of carbonyl (C=O) groups is 2. The van der Waals surface area contributed by atoms with Gasteiger partial charge in [-0.05, 0) is 66.0 Å². The summed E-state index contributed by atoms with van der Waals surface area (Å²) in [6, 6.07) is 15.1. The van der Waals surface area contributed by atoms with Gasteiger partial charge in [-0.15, -0.1) is 0 Å². The van der Waals surface area contributed by atoms with Crippen LogP contribution in [0.5, 0.6) is 0 Å². The number of piperidine rings is 1. The Labute approximate surface area is 183 Å². The second kappa shape index (κ2) is 8.79. The van der Waals surface area contributed by atoms with Gasteiger partial charge in [0.2, 0.25) is 5.91 Å². The highest BCUT2D eigenvalue weighted by molar-refractivity contribution is 9.10. The standard InChI is InChI=1S/C22H22BrN5O2/c1-15-13-19(26-28(15)18-5-3-2-4-6-18)22(30)27-11-9-16(10-12-27)21(29)25-20-8-7-17(23)14-24-20/h2-8,13-14,16H,9-12H2,1H3,(H,24,25,29). The van der Waals surface area contributed by atoms with Gasteiger partial charge < -0.3 is 10.2 Å². The molecule has 0 spiro atoms. The molecule has 7 nitrogen and oxygen atoms in total. The van der Waals surface area contributed by atoms with Gasteiger partial charge in [0, 0.05) is 35.4 Å². The highest BCUT2D eigenvalue weighted by Gasteiger charge is 2.29. The molecule has 0 aliphatic carbocycles. The maximum absolute atomic E-state index is 12.9. The van der Waals surface area contributed by atoms with Crippen LogP contribution in [-0.2, 0) is 4.79 Å². The van der Waals surface area contributed by atoms with E-state index in [1.807, 2.05) is 49.4 Å². The molecule has 1 N–H and O–H groups in total. The molecule has 4 rings (SSSR count). The van der Waals surface area contributed by atoms with E-state index >= 15 is 0 Å². The molecule has 3 heterocycles. The molecule has 1 aliphatic heterocycles. The van der Waals surface area contributed by atoms with Crippen LogP contribution in [0.4, 0.5) is 5.82 Å². The summed E-state index contributed by atoms with van der Waals surface area (Å²) in [7, 11) is 0. The molecular weight excluding hydrogens is 446 g/mol. The lowest BCUT2D eigenvalue weighted by atomic mass is 9.95. The van der Waals surface area contributed by atoms with Gasteiger partial charge in [-0.25, -0.2) is 9.67 Å². The Morgan fingerprint density at radius 1 is 1.10 bits per heavy atom. The van der Waals surface area contributed by atoms with E-state index in [4.69, 9.17) is 0 Å². The molecule has 1 fully saturated rings. The minimum atomic E-state index is -0.136. The number of carbonyl (C=O) groups excluding carboxylic acids is 2. The summed E-state index contributed by atoms with van der Waals surface area (Å²) in [5.74, 6) is 0.245. The van der Waals surface area contributed by atoms with Gasteiger partial charge in [-0.3, -0.25) is 9.59 Å². The van der Waals surface area contributed by atoms with Crippen molar-refractivity contribution in [3.63, 3.8) is 0 Å². The summed E-state index contributed by atoms with van der Waals surface area (Å²) in [5.41, 5.74) is 2.25. The largest absolute Gasteiger partial charge is 0.337 e. The molecule has 0 unspecified atom stereocenters. The van der Waals surface area contributed by atoms with Crippen LogP contribution in [-0.4, -0.2) is 44.6 Å². The van der Waals surface area contributed by atoms with E-state index in [0.29, 0.717) is 37.4 Å². The fraction of sp³-hybridized carbons (Fsp3) is 0.273. The van der Waals surface area contributed by atoms with Gasteiger partial charge in [0.25, 0.3) is 5.91 Å². The third-order valence-corrected chi connectivity index (χ3v) is 5.71. The smallest absolute Gasteiger partial charge is 0.274 e. The number of rotatable bonds is 4. The predicted octanol–water partition coefficient (Wildman–Crippen LogP) is 3.83. The van der Waals surface area contributed by atoms with Crippen LogP contribution < -0.4 is 5.32 Å². The van der Waals surface area contributed by atoms with Crippen molar-refractivity contribution in [1.29, 1.82) is 0 Å². The van der Waals surface area contributed by atoms with Crippen LogP contribution in [0.15, 0.2) is 59.2 Å². The van der Waals surface area contributed by atoms with Crippen molar-refractivity contribution in [1.82, 2.24) is 19.7 Å². The molecule has 30 heavy (non-hydrogen) atoms. The highest BCUT2D eigenvalue weighted by Crippen LogP contribution is 2.22. The number of halogens is 1. The molecule has 2 amide bonds. The van der Waals surface area contributed by atoms with Gasteiger partial charge in [-0.1, -0.05) is 18.2 Å². The van der Waals surface area contributed by atoms with E-state index < -0.39 is 0 Å². The number of amides is 2. The first-order valence-electron chi connectivity index (χ1n) is 9.85. The van der Waals surface area contributed by atoms with E-state index in [-0.39, 0.29) is 17.7 Å². The number of hydrogen-bond acceptors (Lipinski definition) is 4. The van der Waals surface area contributed by atoms with Crippen LogP contribution in [0.1, 0.15) is 29.0 Å². The number of nitrogens with zero attached hydrogens (tertiary/aromatic N) is 4. The molecule has 2 aromatic heterocycles. The summed E-state index contributed by atoms with van der Waals surface area (Å²) in [6.07, 6.45) is 2.88. The van der Waals surface area contributed by atoms with Crippen molar-refractivity contribution in [2.45, 2.75) is 19.8 Å². The molecule has 0 atom stereocenters. The molecule has 8 heteroatoms. The van der Waals surface area contributed by atoms with Crippen molar-refractivity contribution in [3.8, 4) is 5.69 Å². The van der Waals surface area contributed by atoms with Crippen molar-refractivity contribution in [3.05, 3.63) is 70.6 Å². The lowest BCUT2D eigenvalue weighted by molar-refractivity contribution is -0.121. The summed E-state index contributed by atoms with van der Waals surface area (Å²) < 4.78 is 2.64. The van der Waals surface area contributed by atoms with Gasteiger partial charge in [-0.2, -0.15) is 5.10 Å². The number of para-hydroxylation sites is 1. The molecule has 0 radical (unpaired) electrons. The number of likely N-dealkylation sites (tertiary alicyclic amines) is 1. The maximum Gasteiger partial charge on any atom is 0.274 e. The summed E-state index contributed by atoms with van der Waals surface area (Å²) >= 11 is 3.33. The Bertz CT molecular complexity index is 1040. The van der Waals surface area contributed by atoms with E-state index in [1.54, 1.807) is 21.8 Å². The molecule has 1 aliphatic rings. The average molecular weight is 468 g/mol. The van der Waals surface area contributed by atoms with Crippen LogP contribution in [0.3, 0.4) is 0 Å². The van der Waals surface area contributed by atoms with Crippen LogP contribution in [0.2, 0.25) is 0 Å². The summed E-state index contributed by atoms with van der Waals surface area (Å²) in [4.78, 5) is 31.4. The number of aryl methyl sites for hydroxylation is 1. The Balaban J connectivity index is 1.36. The Morgan fingerprint density at radius 2 is 1.83 bits per heavy atom. The molecule has 1 saturated heterocycles. The summed E-state index contributed by atoms with van der Waals surface area (Å²) in [6.45, 7) is 2.99. The zero-order valence-electron chi connectivity index (χ0n) is 16.6. The number of anilines is 1. The third kappa shape index (κ3) is 4.43. The lowest BCUT2D eigenvalue weighted by Crippen LogP contribution is -2.41. The first-order valence-corrected chi connectivity index (χ1v) is 10.6. The summed E-state index contributed by atoms with van der Waals surface area (Å²) in [5, 5.41) is 7.36. The van der Waals surface area contributed by atoms with Crippen molar-refractivity contribution in [2.75, 3.05) is 18.4 Å². The van der Waals surface area contributed by atoms with Crippen LogP contribution >= 0.6 is 15.9 Å². The van der Waals surface area contributed by atoms with E-state index in [0.717, 1.165) is 15.9 Å². The molecule has 154 valence electrons. The molecule has 1 aromatic carbocycles. The van der Waals surface area contributed by atoms with E-state index in [2.05, 4.69) is 31.3 Å². The number of pyridine rings is 1. The fourth-order valence-electron chi connectivity index (χ4n) is 3.59. The predicted molar refractivity (Wildman–Crippen MR) is 117 cm³/mol. The highest BCUT2D eigenvalue weighted by atomic mass is 79.9. The minimum Gasteiger partial charge on any atom is -0.337 e. The lowest BCUT2D eigenvalue weighted by Gasteiger charge is -2.30. The van der Waals surface area contributed by atoms with Gasteiger partial charge >= 0.3 is 0 Å². The monoisotopic (exact) mass is 467 g/mol. The van der Waals surface area contributed by atoms with E-state index in [1.165, 1.54) is 0 Å². The zero-order chi connectivity index (χ0) is 21.1. The average Bonchev–Trinajstić information content (AvgIpc) is 3.17. The topological polar surface area (TPSA) is 80.1 Å². The van der Waals surface area contributed by atoms with Crippen LogP contribution in [0, 0.1) is 12.8 Å². The van der Waals surface area contributed by atoms with Crippen LogP contribution in [0.25, 0.3) is 5.69 Å². The SMILES string of the molecule is Cc1cc(C(=O)N2CCC(C(=O)Nc3ccc(Br)cn3)CC2)nn1-c1ccccc1. The molecule has 0 saturated carbocycles. The second-order valence-electron chi connectivity index (χ2n) is 7.34. The zero-order valence-corrected chi connectivity index (χ0v) is 18.2. The van der Waals surface area contributed by atoms with Crippen molar-refractivity contribution < 1.29 is 9.59 Å². The second-order valence-corrected chi connectivity index (χ2v) is 8.25. The molecule has 3 aromatic rings. The van der Waals surface area contributed by atoms with Gasteiger partial charge in [0.15, 0.2) is 5.69 Å². The Morgan fingerprint density at radius 3 is 2.50 bits per heavy atom. The minimum absolute atomic E-state index is 0.0545. The fourth-order valence-corrected chi connectivity index (χ4v) is 3.83. The van der Waals surface area contributed by atoms with E-state index in [9.17, 15) is 9.59 Å². The molecule has 0 bridgehead atoms. The Hall–Kier alpha value is -3.00. The van der Waals surface area contributed by atoms with Gasteiger partial charge in [0.1, 0.15) is 5.82 Å². The number of aromatic nitrogens is 3. The number of nitrogens with one attached hydrogen (secondary N) is 1. The van der Waals surface area contributed by atoms with Crippen molar-refractivity contribution >= 4 is 33.6 Å². The van der Waals surface area contributed by atoms with Gasteiger partial charge in [0.05, 0.1) is 5.69 Å². The first-order chi connectivity index (χ1) is 14.5. The third-order valence-electron chi connectivity index (χ3n) is 5.24. The Kier molecular flexibility index (Phi) is 5.94. The molecular formula is C22H22BrN5O2. The maximum atomic E-state index is 12.9. The first kappa shape index (κ1) is 20.3. The number of hydrogen-bond donors (Lipinski definition) is 1. The number of benzene rings is 1. The normalized spacial score (nSPS) is 14.5. The van der Waals surface area contributed by atoms with Crippen molar-refractivity contribution in [2.24, 2.45) is 5.92 Å². The quantitative estimate of drug-likeness (QED) is 0.631.